The first kappa shape index (κ1) is 22.2. The van der Waals surface area contributed by atoms with Crippen LogP contribution in [0.5, 0.6) is 5.75 Å². The fourth-order valence-electron chi connectivity index (χ4n) is 3.31. The van der Waals surface area contributed by atoms with E-state index in [0.717, 1.165) is 17.5 Å². The lowest BCUT2D eigenvalue weighted by atomic mass is 10.1. The van der Waals surface area contributed by atoms with Crippen LogP contribution in [-0.4, -0.2) is 50.0 Å². The molecule has 1 heterocycles. The number of hydrazone groups is 1. The molecule has 0 bridgehead atoms. The highest BCUT2D eigenvalue weighted by Crippen LogP contribution is 2.29. The number of nitro benzene ring substituents is 1. The molecule has 0 aromatic heterocycles. The molecule has 0 unspecified atom stereocenters. The van der Waals surface area contributed by atoms with Crippen molar-refractivity contribution in [2.24, 2.45) is 5.10 Å². The molecule has 0 spiro atoms. The normalized spacial score (nSPS) is 13.9. The number of nitrogens with one attached hydrogen (secondary N) is 1. The Morgan fingerprint density at radius 1 is 1.29 bits per heavy atom. The van der Waals surface area contributed by atoms with Crippen LogP contribution in [0.3, 0.4) is 0 Å². The molecule has 1 N–H and O–H groups in total. The zero-order valence-corrected chi connectivity index (χ0v) is 17.7. The van der Waals surface area contributed by atoms with Gasteiger partial charge in [-0.05, 0) is 42.7 Å². The molecule has 2 aromatic rings. The van der Waals surface area contributed by atoms with Crippen molar-refractivity contribution < 1.29 is 19.2 Å². The van der Waals surface area contributed by atoms with Gasteiger partial charge in [-0.15, -0.1) is 0 Å². The van der Waals surface area contributed by atoms with E-state index in [1.807, 2.05) is 24.0 Å². The molecule has 1 fully saturated rings. The molecular formula is C22H26N4O5. The van der Waals surface area contributed by atoms with Crippen molar-refractivity contribution >= 4 is 23.5 Å². The Morgan fingerprint density at radius 2 is 2.06 bits per heavy atom. The first-order valence-electron chi connectivity index (χ1n) is 10.1. The van der Waals surface area contributed by atoms with Crippen molar-refractivity contribution in [1.29, 1.82) is 0 Å². The summed E-state index contributed by atoms with van der Waals surface area (Å²) in [5, 5.41) is 15.4. The van der Waals surface area contributed by atoms with Gasteiger partial charge in [0.05, 0.1) is 24.4 Å². The van der Waals surface area contributed by atoms with Gasteiger partial charge in [-0.25, -0.2) is 5.43 Å². The molecule has 0 saturated carbocycles. The summed E-state index contributed by atoms with van der Waals surface area (Å²) in [5.74, 6) is 0.209. The van der Waals surface area contributed by atoms with Crippen LogP contribution >= 0.6 is 0 Å². The largest absolute Gasteiger partial charge is 0.484 e. The van der Waals surface area contributed by atoms with Crippen LogP contribution in [0.15, 0.2) is 41.5 Å². The molecule has 1 aliphatic heterocycles. The van der Waals surface area contributed by atoms with E-state index in [2.05, 4.69) is 23.5 Å². The second kappa shape index (κ2) is 10.5. The third-order valence-electron chi connectivity index (χ3n) is 4.84. The van der Waals surface area contributed by atoms with Gasteiger partial charge >= 0.3 is 0 Å². The van der Waals surface area contributed by atoms with E-state index in [1.54, 1.807) is 12.1 Å². The quantitative estimate of drug-likeness (QED) is 0.395. The number of nitro groups is 1. The molecule has 9 heteroatoms. The van der Waals surface area contributed by atoms with Gasteiger partial charge in [0.15, 0.2) is 6.61 Å². The standard InChI is InChI=1S/C22H26N4O5/c1-3-17-10-16(2)11-19(12-17)31-15-22(27)24-23-14-18-4-5-20(21(13-18)26(28)29)25-6-8-30-9-7-25/h4-5,10-14H,3,6-9,15H2,1-2H3,(H,24,27)/b23-14+. The summed E-state index contributed by atoms with van der Waals surface area (Å²) in [6.45, 7) is 6.13. The van der Waals surface area contributed by atoms with Crippen molar-refractivity contribution in [2.75, 3.05) is 37.8 Å². The van der Waals surface area contributed by atoms with E-state index in [0.29, 0.717) is 43.3 Å². The zero-order chi connectivity index (χ0) is 22.2. The molecule has 0 radical (unpaired) electrons. The summed E-state index contributed by atoms with van der Waals surface area (Å²) in [6, 6.07) is 10.7. The number of aryl methyl sites for hydroxylation is 2. The number of anilines is 1. The maximum atomic E-state index is 12.0. The number of hydrogen-bond donors (Lipinski definition) is 1. The Hall–Kier alpha value is -3.46. The highest BCUT2D eigenvalue weighted by atomic mass is 16.6. The van der Waals surface area contributed by atoms with E-state index in [-0.39, 0.29) is 12.3 Å². The van der Waals surface area contributed by atoms with E-state index >= 15 is 0 Å². The molecular weight excluding hydrogens is 400 g/mol. The van der Waals surface area contributed by atoms with E-state index in [9.17, 15) is 14.9 Å². The second-order valence-corrected chi connectivity index (χ2v) is 7.19. The summed E-state index contributed by atoms with van der Waals surface area (Å²) in [6.07, 6.45) is 2.25. The number of amides is 1. The highest BCUT2D eigenvalue weighted by molar-refractivity contribution is 5.85. The summed E-state index contributed by atoms with van der Waals surface area (Å²) >= 11 is 0. The molecule has 1 amide bonds. The summed E-state index contributed by atoms with van der Waals surface area (Å²) < 4.78 is 10.8. The molecule has 3 rings (SSSR count). The number of morpholine rings is 1. The Kier molecular flexibility index (Phi) is 7.55. The van der Waals surface area contributed by atoms with Crippen molar-refractivity contribution in [1.82, 2.24) is 5.43 Å². The van der Waals surface area contributed by atoms with Crippen LogP contribution in [0.4, 0.5) is 11.4 Å². The van der Waals surface area contributed by atoms with Gasteiger partial charge in [0.25, 0.3) is 11.6 Å². The lowest BCUT2D eigenvalue weighted by Gasteiger charge is -2.28. The lowest BCUT2D eigenvalue weighted by molar-refractivity contribution is -0.384. The number of carbonyl (C=O) groups is 1. The van der Waals surface area contributed by atoms with Gasteiger partial charge in [0.2, 0.25) is 0 Å². The zero-order valence-electron chi connectivity index (χ0n) is 17.7. The van der Waals surface area contributed by atoms with Gasteiger partial charge in [-0.2, -0.15) is 5.10 Å². The van der Waals surface area contributed by atoms with Crippen molar-refractivity contribution in [3.8, 4) is 5.75 Å². The number of nitrogens with zero attached hydrogens (tertiary/aromatic N) is 3. The molecule has 1 aliphatic rings. The summed E-state index contributed by atoms with van der Waals surface area (Å²) in [7, 11) is 0. The topological polar surface area (TPSA) is 106 Å². The van der Waals surface area contributed by atoms with Crippen molar-refractivity contribution in [3.63, 3.8) is 0 Å². The monoisotopic (exact) mass is 426 g/mol. The summed E-state index contributed by atoms with van der Waals surface area (Å²) in [5.41, 5.74) is 5.63. The van der Waals surface area contributed by atoms with Crippen LogP contribution in [0.2, 0.25) is 0 Å². The minimum absolute atomic E-state index is 0.00770. The van der Waals surface area contributed by atoms with Crippen LogP contribution < -0.4 is 15.1 Å². The van der Waals surface area contributed by atoms with Gasteiger partial charge in [0.1, 0.15) is 11.4 Å². The number of ether oxygens (including phenoxy) is 2. The third-order valence-corrected chi connectivity index (χ3v) is 4.84. The van der Waals surface area contributed by atoms with E-state index in [4.69, 9.17) is 9.47 Å². The Morgan fingerprint density at radius 3 is 2.77 bits per heavy atom. The van der Waals surface area contributed by atoms with Crippen molar-refractivity contribution in [3.05, 3.63) is 63.2 Å². The molecule has 31 heavy (non-hydrogen) atoms. The number of carbonyl (C=O) groups excluding carboxylic acids is 1. The fraction of sp³-hybridized carbons (Fsp3) is 0.364. The predicted octanol–water partition coefficient (Wildman–Crippen LogP) is 2.83. The Bertz CT molecular complexity index is 970. The van der Waals surface area contributed by atoms with Crippen LogP contribution in [0, 0.1) is 17.0 Å². The van der Waals surface area contributed by atoms with E-state index < -0.39 is 10.8 Å². The average Bonchev–Trinajstić information content (AvgIpc) is 2.77. The number of rotatable bonds is 8. The Labute approximate surface area is 180 Å². The minimum atomic E-state index is -0.421. The molecule has 1 saturated heterocycles. The first-order valence-corrected chi connectivity index (χ1v) is 10.1. The third kappa shape index (κ3) is 6.26. The second-order valence-electron chi connectivity index (χ2n) is 7.19. The van der Waals surface area contributed by atoms with Gasteiger partial charge in [-0.3, -0.25) is 14.9 Å². The maximum absolute atomic E-state index is 12.0. The lowest BCUT2D eigenvalue weighted by Crippen LogP contribution is -2.36. The first-order chi connectivity index (χ1) is 15.0. The minimum Gasteiger partial charge on any atom is -0.484 e. The van der Waals surface area contributed by atoms with Gasteiger partial charge < -0.3 is 14.4 Å². The van der Waals surface area contributed by atoms with Gasteiger partial charge in [0, 0.05) is 24.7 Å². The fourth-order valence-corrected chi connectivity index (χ4v) is 3.31. The SMILES string of the molecule is CCc1cc(C)cc(OCC(=O)N/N=C/c2ccc(N3CCOCC3)c([N+](=O)[O-])c2)c1. The highest BCUT2D eigenvalue weighted by Gasteiger charge is 2.21. The molecule has 2 aromatic carbocycles. The average molecular weight is 426 g/mol. The van der Waals surface area contributed by atoms with Crippen LogP contribution in [-0.2, 0) is 16.0 Å². The Balaban J connectivity index is 1.58. The van der Waals surface area contributed by atoms with E-state index in [1.165, 1.54) is 12.3 Å². The van der Waals surface area contributed by atoms with Crippen LogP contribution in [0.1, 0.15) is 23.6 Å². The molecule has 0 atom stereocenters. The van der Waals surface area contributed by atoms with Crippen molar-refractivity contribution in [2.45, 2.75) is 20.3 Å². The summed E-state index contributed by atoms with van der Waals surface area (Å²) in [4.78, 5) is 25.0. The van der Waals surface area contributed by atoms with Crippen LogP contribution in [0.25, 0.3) is 0 Å². The maximum Gasteiger partial charge on any atom is 0.293 e. The van der Waals surface area contributed by atoms with Gasteiger partial charge in [-0.1, -0.05) is 19.1 Å². The predicted molar refractivity (Wildman–Crippen MR) is 118 cm³/mol. The molecule has 9 nitrogen and oxygen atoms in total. The number of hydrogen-bond acceptors (Lipinski definition) is 7. The smallest absolute Gasteiger partial charge is 0.293 e. The molecule has 0 aliphatic carbocycles. The molecule has 164 valence electrons. The number of benzene rings is 2.